The fraction of sp³-hybridized carbons (Fsp3) is 0.389. The van der Waals surface area contributed by atoms with Crippen molar-refractivity contribution in [3.63, 3.8) is 0 Å². The Morgan fingerprint density at radius 1 is 1.24 bits per heavy atom. The second kappa shape index (κ2) is 8.89. The van der Waals surface area contributed by atoms with Gasteiger partial charge in [-0.25, -0.2) is 4.79 Å². The van der Waals surface area contributed by atoms with Gasteiger partial charge in [-0.05, 0) is 18.2 Å². The lowest BCUT2D eigenvalue weighted by Gasteiger charge is -2.36. The average Bonchev–Trinajstić information content (AvgIpc) is 3.10. The van der Waals surface area contributed by atoms with E-state index in [1.807, 2.05) is 24.3 Å². The van der Waals surface area contributed by atoms with Crippen LogP contribution in [0.4, 0.5) is 0 Å². The quantitative estimate of drug-likeness (QED) is 0.796. The van der Waals surface area contributed by atoms with E-state index in [-0.39, 0.29) is 24.4 Å². The molecule has 1 aromatic carbocycles. The van der Waals surface area contributed by atoms with Crippen LogP contribution in [-0.4, -0.2) is 49.7 Å². The van der Waals surface area contributed by atoms with Crippen LogP contribution < -0.4 is 10.1 Å². The van der Waals surface area contributed by atoms with E-state index in [0.29, 0.717) is 5.69 Å². The molecule has 25 heavy (non-hydrogen) atoms. The predicted molar refractivity (Wildman–Crippen MR) is 98.4 cm³/mol. The average molecular weight is 366 g/mol. The van der Waals surface area contributed by atoms with E-state index in [4.69, 9.17) is 9.47 Å². The molecule has 1 fully saturated rings. The molecule has 3 rings (SSSR count). The molecule has 1 aliphatic rings. The Morgan fingerprint density at radius 2 is 2.04 bits per heavy atom. The molecule has 1 unspecified atom stereocenters. The van der Waals surface area contributed by atoms with E-state index in [1.165, 1.54) is 12.7 Å². The number of benzene rings is 1. The van der Waals surface area contributed by atoms with Gasteiger partial charge < -0.3 is 19.8 Å². The first-order valence-corrected chi connectivity index (χ1v) is 8.07. The number of carbonyl (C=O) groups excluding carboxylic acids is 1. The maximum absolute atomic E-state index is 11.6. The Kier molecular flexibility index (Phi) is 6.87. The summed E-state index contributed by atoms with van der Waals surface area (Å²) in [5, 5.41) is 3.45. The molecular formula is C18H24ClN3O3. The monoisotopic (exact) mass is 365 g/mol. The van der Waals surface area contributed by atoms with Crippen molar-refractivity contribution in [1.29, 1.82) is 0 Å². The molecule has 0 bridgehead atoms. The van der Waals surface area contributed by atoms with Gasteiger partial charge in [0.1, 0.15) is 11.4 Å². The van der Waals surface area contributed by atoms with Gasteiger partial charge in [0.25, 0.3) is 0 Å². The van der Waals surface area contributed by atoms with Crippen LogP contribution in [0.25, 0.3) is 0 Å². The van der Waals surface area contributed by atoms with Gasteiger partial charge in [0.2, 0.25) is 0 Å². The largest absolute Gasteiger partial charge is 0.496 e. The summed E-state index contributed by atoms with van der Waals surface area (Å²) in [7, 11) is 3.09. The lowest BCUT2D eigenvalue weighted by Crippen LogP contribution is -2.45. The van der Waals surface area contributed by atoms with Gasteiger partial charge in [-0.2, -0.15) is 0 Å². The molecule has 0 saturated carbocycles. The number of methoxy groups -OCH3 is 2. The second-order valence-electron chi connectivity index (χ2n) is 5.82. The first kappa shape index (κ1) is 19.3. The minimum Gasteiger partial charge on any atom is -0.496 e. The molecule has 7 heteroatoms. The molecular weight excluding hydrogens is 342 g/mol. The maximum Gasteiger partial charge on any atom is 0.354 e. The van der Waals surface area contributed by atoms with Gasteiger partial charge in [0, 0.05) is 37.4 Å². The number of esters is 1. The van der Waals surface area contributed by atoms with Crippen molar-refractivity contribution >= 4 is 18.4 Å². The number of H-pyrrole nitrogens is 1. The number of nitrogens with one attached hydrogen (secondary N) is 2. The van der Waals surface area contributed by atoms with Crippen molar-refractivity contribution in [2.75, 3.05) is 33.9 Å². The van der Waals surface area contributed by atoms with Crippen molar-refractivity contribution < 1.29 is 14.3 Å². The molecule has 6 nitrogen and oxygen atoms in total. The number of para-hydroxylation sites is 1. The zero-order chi connectivity index (χ0) is 16.9. The third-order valence-electron chi connectivity index (χ3n) is 4.38. The summed E-state index contributed by atoms with van der Waals surface area (Å²) in [6, 6.07) is 12.0. The Bertz CT molecular complexity index is 704. The van der Waals surface area contributed by atoms with Crippen LogP contribution in [0.1, 0.15) is 27.8 Å². The Hall–Kier alpha value is -2.02. The number of aromatic amines is 1. The summed E-state index contributed by atoms with van der Waals surface area (Å²) in [5.74, 6) is 0.556. The summed E-state index contributed by atoms with van der Waals surface area (Å²) in [5.41, 5.74) is 2.65. The molecule has 2 heterocycles. The number of aromatic nitrogens is 1. The molecule has 1 saturated heterocycles. The van der Waals surface area contributed by atoms with E-state index in [1.54, 1.807) is 13.2 Å². The molecule has 2 aromatic rings. The topological polar surface area (TPSA) is 66.6 Å². The lowest BCUT2D eigenvalue weighted by atomic mass is 10.0. The SMILES string of the molecule is COC(=O)c1ccc(CN2CCNCC2c2ccccc2OC)[nH]1.Cl. The fourth-order valence-electron chi connectivity index (χ4n) is 3.16. The number of piperazine rings is 1. The molecule has 1 aliphatic heterocycles. The Balaban J connectivity index is 0.00000225. The first-order valence-electron chi connectivity index (χ1n) is 8.07. The van der Waals surface area contributed by atoms with Crippen LogP contribution in [0.15, 0.2) is 36.4 Å². The van der Waals surface area contributed by atoms with Crippen LogP contribution in [0.2, 0.25) is 0 Å². The molecule has 0 radical (unpaired) electrons. The summed E-state index contributed by atoms with van der Waals surface area (Å²) >= 11 is 0. The highest BCUT2D eigenvalue weighted by atomic mass is 35.5. The Morgan fingerprint density at radius 3 is 2.80 bits per heavy atom. The highest BCUT2D eigenvalue weighted by Crippen LogP contribution is 2.31. The number of rotatable bonds is 5. The van der Waals surface area contributed by atoms with Crippen molar-refractivity contribution in [3.05, 3.63) is 53.3 Å². The number of hydrogen-bond donors (Lipinski definition) is 2. The van der Waals surface area contributed by atoms with E-state index >= 15 is 0 Å². The standard InChI is InChI=1S/C18H23N3O3.ClH/c1-23-17-6-4-3-5-14(17)16-11-19-9-10-21(16)12-13-7-8-15(20-13)18(22)24-2;/h3-8,16,19-20H,9-12H2,1-2H3;1H. The second-order valence-corrected chi connectivity index (χ2v) is 5.82. The van der Waals surface area contributed by atoms with Gasteiger partial charge in [0.05, 0.1) is 20.3 Å². The van der Waals surface area contributed by atoms with Crippen LogP contribution in [0.5, 0.6) is 5.75 Å². The van der Waals surface area contributed by atoms with Gasteiger partial charge in [-0.1, -0.05) is 18.2 Å². The van der Waals surface area contributed by atoms with E-state index in [9.17, 15) is 4.79 Å². The zero-order valence-electron chi connectivity index (χ0n) is 14.5. The van der Waals surface area contributed by atoms with Crippen LogP contribution in [0.3, 0.4) is 0 Å². The highest BCUT2D eigenvalue weighted by Gasteiger charge is 2.26. The van der Waals surface area contributed by atoms with Crippen LogP contribution >= 0.6 is 12.4 Å². The molecule has 0 amide bonds. The number of hydrogen-bond acceptors (Lipinski definition) is 5. The molecule has 0 aliphatic carbocycles. The van der Waals surface area contributed by atoms with E-state index in [2.05, 4.69) is 21.3 Å². The summed E-state index contributed by atoms with van der Waals surface area (Å²) < 4.78 is 10.3. The van der Waals surface area contributed by atoms with Gasteiger partial charge in [0.15, 0.2) is 0 Å². The van der Waals surface area contributed by atoms with Crippen molar-refractivity contribution in [3.8, 4) is 5.75 Å². The molecule has 1 aromatic heterocycles. The maximum atomic E-state index is 11.6. The fourth-order valence-corrected chi connectivity index (χ4v) is 3.16. The molecule has 1 atom stereocenters. The zero-order valence-corrected chi connectivity index (χ0v) is 15.3. The van der Waals surface area contributed by atoms with Crippen molar-refractivity contribution in [1.82, 2.24) is 15.2 Å². The summed E-state index contributed by atoms with van der Waals surface area (Å²) in [6.45, 7) is 3.47. The van der Waals surface area contributed by atoms with E-state index < -0.39 is 0 Å². The molecule has 2 N–H and O–H groups in total. The number of ether oxygens (including phenoxy) is 2. The molecule has 0 spiro atoms. The van der Waals surface area contributed by atoms with Crippen LogP contribution in [0, 0.1) is 0 Å². The van der Waals surface area contributed by atoms with Gasteiger partial charge in [-0.3, -0.25) is 4.90 Å². The minimum absolute atomic E-state index is 0. The van der Waals surface area contributed by atoms with Gasteiger partial charge >= 0.3 is 5.97 Å². The number of carbonyl (C=O) groups is 1. The summed E-state index contributed by atoms with van der Waals surface area (Å²) in [6.07, 6.45) is 0. The minimum atomic E-state index is -0.345. The molecule has 136 valence electrons. The highest BCUT2D eigenvalue weighted by molar-refractivity contribution is 5.87. The van der Waals surface area contributed by atoms with Crippen molar-refractivity contribution in [2.24, 2.45) is 0 Å². The third kappa shape index (κ3) is 4.34. The summed E-state index contributed by atoms with van der Waals surface area (Å²) in [4.78, 5) is 17.1. The smallest absolute Gasteiger partial charge is 0.354 e. The Labute approximate surface area is 153 Å². The third-order valence-corrected chi connectivity index (χ3v) is 4.38. The van der Waals surface area contributed by atoms with Gasteiger partial charge in [-0.15, -0.1) is 12.4 Å². The van der Waals surface area contributed by atoms with Crippen LogP contribution in [-0.2, 0) is 11.3 Å². The number of nitrogens with zero attached hydrogens (tertiary/aromatic N) is 1. The number of halogens is 1. The van der Waals surface area contributed by atoms with Crippen molar-refractivity contribution in [2.45, 2.75) is 12.6 Å². The lowest BCUT2D eigenvalue weighted by molar-refractivity contribution is 0.0594. The predicted octanol–water partition coefficient (Wildman–Crippen LogP) is 2.38. The normalized spacial score (nSPS) is 17.6. The van der Waals surface area contributed by atoms with E-state index in [0.717, 1.165) is 37.6 Å². The first-order chi connectivity index (χ1) is 11.7.